The number of carbonyl (C=O) groups is 3. The SMILES string of the molecule is COC(=O)CCCC(=O)N1CCNC(=O)[C@H]1c1ccc(F)cc1C. The molecule has 1 aromatic rings. The molecule has 1 N–H and O–H groups in total. The monoisotopic (exact) mass is 336 g/mol. The minimum atomic E-state index is -0.773. The Morgan fingerprint density at radius 2 is 2.12 bits per heavy atom. The summed E-state index contributed by atoms with van der Waals surface area (Å²) in [6, 6.07) is 3.39. The predicted octanol–water partition coefficient (Wildman–Crippen LogP) is 1.48. The van der Waals surface area contributed by atoms with Crippen molar-refractivity contribution in [3.05, 3.63) is 35.1 Å². The molecule has 0 spiro atoms. The Labute approximate surface area is 140 Å². The Kier molecular flexibility index (Phi) is 5.89. The topological polar surface area (TPSA) is 75.7 Å². The van der Waals surface area contributed by atoms with Crippen molar-refractivity contribution in [2.45, 2.75) is 32.2 Å². The number of halogens is 1. The molecule has 0 saturated carbocycles. The van der Waals surface area contributed by atoms with E-state index in [9.17, 15) is 18.8 Å². The van der Waals surface area contributed by atoms with Gasteiger partial charge in [0.05, 0.1) is 7.11 Å². The highest BCUT2D eigenvalue weighted by Gasteiger charge is 2.34. The fraction of sp³-hybridized carbons (Fsp3) is 0.471. The number of hydrogen-bond donors (Lipinski definition) is 1. The number of methoxy groups -OCH3 is 1. The zero-order valence-electron chi connectivity index (χ0n) is 13.8. The molecule has 0 unspecified atom stereocenters. The van der Waals surface area contributed by atoms with Crippen LogP contribution in [-0.4, -0.2) is 42.9 Å². The molecule has 6 nitrogen and oxygen atoms in total. The molecule has 7 heteroatoms. The van der Waals surface area contributed by atoms with Gasteiger partial charge in [-0.2, -0.15) is 0 Å². The van der Waals surface area contributed by atoms with Gasteiger partial charge >= 0.3 is 5.97 Å². The largest absolute Gasteiger partial charge is 0.469 e. The normalized spacial score (nSPS) is 17.4. The summed E-state index contributed by atoms with van der Waals surface area (Å²) < 4.78 is 17.9. The fourth-order valence-electron chi connectivity index (χ4n) is 2.82. The summed E-state index contributed by atoms with van der Waals surface area (Å²) in [6.07, 6.45) is 0.667. The van der Waals surface area contributed by atoms with Crippen molar-refractivity contribution in [3.8, 4) is 0 Å². The maximum absolute atomic E-state index is 13.3. The second-order valence-corrected chi connectivity index (χ2v) is 5.71. The van der Waals surface area contributed by atoms with E-state index in [0.29, 0.717) is 30.6 Å². The third-order valence-electron chi connectivity index (χ3n) is 4.06. The van der Waals surface area contributed by atoms with Crippen LogP contribution in [0.15, 0.2) is 18.2 Å². The van der Waals surface area contributed by atoms with E-state index in [1.807, 2.05) is 0 Å². The van der Waals surface area contributed by atoms with Crippen molar-refractivity contribution >= 4 is 17.8 Å². The van der Waals surface area contributed by atoms with Gasteiger partial charge in [0, 0.05) is 25.9 Å². The van der Waals surface area contributed by atoms with Crippen LogP contribution >= 0.6 is 0 Å². The quantitative estimate of drug-likeness (QED) is 0.827. The molecule has 0 bridgehead atoms. The first-order valence-electron chi connectivity index (χ1n) is 7.84. The highest BCUT2D eigenvalue weighted by Crippen LogP contribution is 2.27. The van der Waals surface area contributed by atoms with Crippen molar-refractivity contribution in [3.63, 3.8) is 0 Å². The number of ether oxygens (including phenoxy) is 1. The third-order valence-corrected chi connectivity index (χ3v) is 4.06. The van der Waals surface area contributed by atoms with Gasteiger partial charge in [0.15, 0.2) is 0 Å². The van der Waals surface area contributed by atoms with Gasteiger partial charge in [-0.25, -0.2) is 4.39 Å². The van der Waals surface area contributed by atoms with Crippen molar-refractivity contribution < 1.29 is 23.5 Å². The first-order chi connectivity index (χ1) is 11.4. The van der Waals surface area contributed by atoms with Gasteiger partial charge < -0.3 is 15.0 Å². The molecule has 1 aromatic carbocycles. The van der Waals surface area contributed by atoms with Gasteiger partial charge in [-0.1, -0.05) is 6.07 Å². The fourth-order valence-corrected chi connectivity index (χ4v) is 2.82. The molecule has 1 saturated heterocycles. The van der Waals surface area contributed by atoms with Crippen LogP contribution in [0.4, 0.5) is 4.39 Å². The minimum absolute atomic E-state index is 0.152. The molecule has 1 aliphatic heterocycles. The first kappa shape index (κ1) is 17.9. The summed E-state index contributed by atoms with van der Waals surface area (Å²) in [4.78, 5) is 37.4. The van der Waals surface area contributed by atoms with E-state index < -0.39 is 6.04 Å². The number of hydrogen-bond acceptors (Lipinski definition) is 4. The number of amides is 2. The van der Waals surface area contributed by atoms with Crippen molar-refractivity contribution in [2.75, 3.05) is 20.2 Å². The summed E-state index contributed by atoms with van der Waals surface area (Å²) in [5.74, 6) is -1.24. The summed E-state index contributed by atoms with van der Waals surface area (Å²) in [6.45, 7) is 2.46. The van der Waals surface area contributed by atoms with Crippen LogP contribution in [0, 0.1) is 12.7 Å². The second kappa shape index (κ2) is 7.90. The average Bonchev–Trinajstić information content (AvgIpc) is 2.55. The third kappa shape index (κ3) is 4.10. The second-order valence-electron chi connectivity index (χ2n) is 5.71. The van der Waals surface area contributed by atoms with E-state index >= 15 is 0 Å². The van der Waals surface area contributed by atoms with E-state index in [1.165, 1.54) is 30.2 Å². The van der Waals surface area contributed by atoms with Gasteiger partial charge in [-0.15, -0.1) is 0 Å². The number of nitrogens with zero attached hydrogens (tertiary/aromatic N) is 1. The van der Waals surface area contributed by atoms with Crippen LogP contribution in [0.1, 0.15) is 36.4 Å². The maximum atomic E-state index is 13.3. The van der Waals surface area contributed by atoms with Crippen molar-refractivity contribution in [1.82, 2.24) is 10.2 Å². The highest BCUT2D eigenvalue weighted by molar-refractivity contribution is 5.90. The Morgan fingerprint density at radius 3 is 2.79 bits per heavy atom. The van der Waals surface area contributed by atoms with Gasteiger partial charge in [0.25, 0.3) is 0 Å². The zero-order chi connectivity index (χ0) is 17.7. The number of aryl methyl sites for hydroxylation is 1. The summed E-state index contributed by atoms with van der Waals surface area (Å²) in [5.41, 5.74) is 1.22. The number of nitrogens with one attached hydrogen (secondary N) is 1. The smallest absolute Gasteiger partial charge is 0.305 e. The van der Waals surface area contributed by atoms with Crippen LogP contribution in [0.25, 0.3) is 0 Å². The molecule has 1 heterocycles. The lowest BCUT2D eigenvalue weighted by Crippen LogP contribution is -2.52. The molecule has 24 heavy (non-hydrogen) atoms. The Balaban J connectivity index is 2.15. The Morgan fingerprint density at radius 1 is 1.38 bits per heavy atom. The van der Waals surface area contributed by atoms with Crippen LogP contribution in [0.3, 0.4) is 0 Å². The van der Waals surface area contributed by atoms with Crippen molar-refractivity contribution in [2.24, 2.45) is 0 Å². The summed E-state index contributed by atoms with van der Waals surface area (Å²) in [5, 5.41) is 2.74. The van der Waals surface area contributed by atoms with Crippen LogP contribution in [0.2, 0.25) is 0 Å². The van der Waals surface area contributed by atoms with Crippen LogP contribution in [-0.2, 0) is 19.1 Å². The molecular weight excluding hydrogens is 315 g/mol. The van der Waals surface area contributed by atoms with E-state index in [2.05, 4.69) is 10.1 Å². The minimum Gasteiger partial charge on any atom is -0.469 e. The van der Waals surface area contributed by atoms with Crippen molar-refractivity contribution in [1.29, 1.82) is 0 Å². The number of esters is 1. The number of benzene rings is 1. The lowest BCUT2D eigenvalue weighted by Gasteiger charge is -2.36. The lowest BCUT2D eigenvalue weighted by molar-refractivity contribution is -0.144. The van der Waals surface area contributed by atoms with Gasteiger partial charge in [-0.3, -0.25) is 14.4 Å². The molecule has 0 aromatic heterocycles. The van der Waals surface area contributed by atoms with E-state index in [1.54, 1.807) is 6.92 Å². The molecule has 1 fully saturated rings. The molecule has 130 valence electrons. The molecule has 2 rings (SSSR count). The maximum Gasteiger partial charge on any atom is 0.305 e. The highest BCUT2D eigenvalue weighted by atomic mass is 19.1. The average molecular weight is 336 g/mol. The zero-order valence-corrected chi connectivity index (χ0v) is 13.8. The Hall–Kier alpha value is -2.44. The van der Waals surface area contributed by atoms with E-state index in [4.69, 9.17) is 0 Å². The molecule has 1 atom stereocenters. The van der Waals surface area contributed by atoms with E-state index in [0.717, 1.165) is 0 Å². The van der Waals surface area contributed by atoms with Crippen LogP contribution < -0.4 is 5.32 Å². The first-order valence-corrected chi connectivity index (χ1v) is 7.84. The van der Waals surface area contributed by atoms with Gasteiger partial charge in [0.2, 0.25) is 11.8 Å². The molecule has 0 aliphatic carbocycles. The predicted molar refractivity (Wildman–Crippen MR) is 84.5 cm³/mol. The lowest BCUT2D eigenvalue weighted by atomic mass is 9.97. The number of carbonyl (C=O) groups excluding carboxylic acids is 3. The molecule has 1 aliphatic rings. The Bertz CT molecular complexity index is 647. The molecule has 2 amide bonds. The summed E-state index contributed by atoms with van der Waals surface area (Å²) in [7, 11) is 1.30. The van der Waals surface area contributed by atoms with E-state index in [-0.39, 0.29) is 36.4 Å². The van der Waals surface area contributed by atoms with Gasteiger partial charge in [-0.05, 0) is 36.6 Å². The standard InChI is InChI=1S/C17H21FN2O4/c1-11-10-12(18)6-7-13(11)16-17(23)19-8-9-20(16)14(21)4-3-5-15(22)24-2/h6-7,10,16H,3-5,8-9H2,1-2H3,(H,19,23)/t16-/m1/s1. The molecule has 0 radical (unpaired) electrons. The molecular formula is C17H21FN2O4. The number of piperazine rings is 1. The number of rotatable bonds is 5. The van der Waals surface area contributed by atoms with Crippen LogP contribution in [0.5, 0.6) is 0 Å². The summed E-state index contributed by atoms with van der Waals surface area (Å²) >= 11 is 0. The van der Waals surface area contributed by atoms with Gasteiger partial charge in [0.1, 0.15) is 11.9 Å².